The third kappa shape index (κ3) is 2.14. The topological polar surface area (TPSA) is 47.1 Å². The minimum Gasteiger partial charge on any atom is -0.378 e. The van der Waals surface area contributed by atoms with Crippen LogP contribution in [0, 0.1) is 0 Å². The number of fused-ring (bicyclic) bond motifs is 1. The Balaban J connectivity index is 2.18. The molecule has 5 heteroatoms. The van der Waals surface area contributed by atoms with Gasteiger partial charge in [-0.15, -0.1) is 0 Å². The Bertz CT molecular complexity index is 759. The van der Waals surface area contributed by atoms with Gasteiger partial charge in [-0.05, 0) is 42.5 Å². The zero-order valence-electron chi connectivity index (χ0n) is 11.3. The summed E-state index contributed by atoms with van der Waals surface area (Å²) in [4.78, 5) is 6.46. The normalized spacial score (nSPS) is 10.9. The van der Waals surface area contributed by atoms with Gasteiger partial charge in [-0.2, -0.15) is 0 Å². The number of hydrogen-bond donors (Lipinski definition) is 1. The molecule has 0 aliphatic heterocycles. The summed E-state index contributed by atoms with van der Waals surface area (Å²) in [6.45, 7) is 0. The van der Waals surface area contributed by atoms with Gasteiger partial charge in [0.2, 0.25) is 5.95 Å². The van der Waals surface area contributed by atoms with Crippen LogP contribution in [-0.4, -0.2) is 23.6 Å². The van der Waals surface area contributed by atoms with E-state index in [0.29, 0.717) is 5.95 Å². The number of anilines is 2. The Hall–Kier alpha value is -2.01. The summed E-state index contributed by atoms with van der Waals surface area (Å²) >= 11 is 3.49. The molecule has 0 atom stereocenters. The molecule has 1 heterocycles. The maximum atomic E-state index is 6.06. The molecule has 0 amide bonds. The van der Waals surface area contributed by atoms with Crippen LogP contribution in [0.1, 0.15) is 0 Å². The summed E-state index contributed by atoms with van der Waals surface area (Å²) in [5.74, 6) is 0.496. The Kier molecular flexibility index (Phi) is 3.14. The van der Waals surface area contributed by atoms with E-state index in [1.54, 1.807) is 0 Å². The molecule has 0 radical (unpaired) electrons. The van der Waals surface area contributed by atoms with Gasteiger partial charge in [0.05, 0.1) is 11.0 Å². The van der Waals surface area contributed by atoms with Crippen molar-refractivity contribution in [1.29, 1.82) is 0 Å². The number of aromatic nitrogens is 2. The smallest absolute Gasteiger partial charge is 0.205 e. The van der Waals surface area contributed by atoms with Crippen LogP contribution in [0.15, 0.2) is 46.9 Å². The van der Waals surface area contributed by atoms with Gasteiger partial charge >= 0.3 is 0 Å². The average molecular weight is 331 g/mol. The van der Waals surface area contributed by atoms with E-state index in [0.717, 1.165) is 26.9 Å². The van der Waals surface area contributed by atoms with Crippen LogP contribution in [0.25, 0.3) is 16.7 Å². The standard InChI is InChI=1S/C15H15BrN4/c1-19(2)11-4-6-12(7-5-11)20-14-9-10(16)3-8-13(14)18-15(20)17/h3-9H,1-2H3,(H2,17,18). The van der Waals surface area contributed by atoms with Gasteiger partial charge in [0.1, 0.15) is 0 Å². The molecular formula is C15H15BrN4. The zero-order chi connectivity index (χ0) is 14.3. The van der Waals surface area contributed by atoms with Gasteiger partial charge < -0.3 is 10.6 Å². The van der Waals surface area contributed by atoms with E-state index in [2.05, 4.69) is 37.9 Å². The molecule has 102 valence electrons. The molecule has 0 saturated heterocycles. The highest BCUT2D eigenvalue weighted by Gasteiger charge is 2.10. The largest absolute Gasteiger partial charge is 0.378 e. The molecule has 2 aromatic carbocycles. The fourth-order valence-corrected chi connectivity index (χ4v) is 2.59. The van der Waals surface area contributed by atoms with Crippen LogP contribution >= 0.6 is 15.9 Å². The van der Waals surface area contributed by atoms with Gasteiger partial charge in [0, 0.05) is 29.9 Å². The van der Waals surface area contributed by atoms with Crippen molar-refractivity contribution >= 4 is 38.6 Å². The third-order valence-corrected chi connectivity index (χ3v) is 3.76. The quantitative estimate of drug-likeness (QED) is 0.782. The van der Waals surface area contributed by atoms with Gasteiger partial charge in [0.15, 0.2) is 0 Å². The lowest BCUT2D eigenvalue weighted by molar-refractivity contribution is 1.09. The highest BCUT2D eigenvalue weighted by Crippen LogP contribution is 2.26. The van der Waals surface area contributed by atoms with Crippen LogP contribution in [0.4, 0.5) is 11.6 Å². The first-order chi connectivity index (χ1) is 9.56. The second kappa shape index (κ2) is 4.83. The Morgan fingerprint density at radius 3 is 2.45 bits per heavy atom. The molecular weight excluding hydrogens is 316 g/mol. The first-order valence-electron chi connectivity index (χ1n) is 6.27. The molecule has 3 rings (SSSR count). The van der Waals surface area contributed by atoms with E-state index < -0.39 is 0 Å². The summed E-state index contributed by atoms with van der Waals surface area (Å²) in [6.07, 6.45) is 0. The lowest BCUT2D eigenvalue weighted by Crippen LogP contribution is -2.08. The summed E-state index contributed by atoms with van der Waals surface area (Å²) in [5, 5.41) is 0. The van der Waals surface area contributed by atoms with Crippen LogP contribution in [0.5, 0.6) is 0 Å². The number of nitrogens with two attached hydrogens (primary N) is 1. The fraction of sp³-hybridized carbons (Fsp3) is 0.133. The van der Waals surface area contributed by atoms with Crippen molar-refractivity contribution in [1.82, 2.24) is 9.55 Å². The molecule has 0 aliphatic rings. The average Bonchev–Trinajstić information content (AvgIpc) is 2.74. The van der Waals surface area contributed by atoms with Crippen LogP contribution in [0.3, 0.4) is 0 Å². The zero-order valence-corrected chi connectivity index (χ0v) is 12.9. The summed E-state index contributed by atoms with van der Waals surface area (Å²) in [7, 11) is 4.04. The van der Waals surface area contributed by atoms with Crippen molar-refractivity contribution in [3.8, 4) is 5.69 Å². The van der Waals surface area contributed by atoms with Crippen LogP contribution < -0.4 is 10.6 Å². The lowest BCUT2D eigenvalue weighted by atomic mass is 10.2. The minimum atomic E-state index is 0.496. The summed E-state index contributed by atoms with van der Waals surface area (Å²) < 4.78 is 2.97. The predicted molar refractivity (Wildman–Crippen MR) is 87.5 cm³/mol. The molecule has 0 aliphatic carbocycles. The molecule has 0 unspecified atom stereocenters. The number of hydrogen-bond acceptors (Lipinski definition) is 3. The minimum absolute atomic E-state index is 0.496. The summed E-state index contributed by atoms with van der Waals surface area (Å²) in [5.41, 5.74) is 10.1. The number of halogens is 1. The van der Waals surface area contributed by atoms with E-state index in [-0.39, 0.29) is 0 Å². The van der Waals surface area contributed by atoms with Crippen molar-refractivity contribution in [3.05, 3.63) is 46.9 Å². The number of rotatable bonds is 2. The maximum absolute atomic E-state index is 6.06. The number of nitrogen functional groups attached to an aromatic ring is 1. The van der Waals surface area contributed by atoms with E-state index in [1.165, 1.54) is 0 Å². The molecule has 4 nitrogen and oxygen atoms in total. The van der Waals surface area contributed by atoms with Crippen molar-refractivity contribution in [2.75, 3.05) is 24.7 Å². The summed E-state index contributed by atoms with van der Waals surface area (Å²) in [6, 6.07) is 14.2. The Labute approximate surface area is 126 Å². The van der Waals surface area contributed by atoms with Crippen molar-refractivity contribution in [2.24, 2.45) is 0 Å². The molecule has 2 N–H and O–H groups in total. The van der Waals surface area contributed by atoms with E-state index >= 15 is 0 Å². The van der Waals surface area contributed by atoms with Gasteiger partial charge in [-0.3, -0.25) is 4.57 Å². The SMILES string of the molecule is CN(C)c1ccc(-n2c(N)nc3ccc(Br)cc32)cc1. The van der Waals surface area contributed by atoms with Gasteiger partial charge in [0.25, 0.3) is 0 Å². The van der Waals surface area contributed by atoms with Crippen LogP contribution in [0.2, 0.25) is 0 Å². The number of nitrogens with zero attached hydrogens (tertiary/aromatic N) is 3. The van der Waals surface area contributed by atoms with Crippen molar-refractivity contribution in [3.63, 3.8) is 0 Å². The number of benzene rings is 2. The Morgan fingerprint density at radius 2 is 1.80 bits per heavy atom. The van der Waals surface area contributed by atoms with Gasteiger partial charge in [-0.25, -0.2) is 4.98 Å². The Morgan fingerprint density at radius 1 is 1.10 bits per heavy atom. The third-order valence-electron chi connectivity index (χ3n) is 3.27. The van der Waals surface area contributed by atoms with Crippen LogP contribution in [-0.2, 0) is 0 Å². The molecule has 20 heavy (non-hydrogen) atoms. The first-order valence-corrected chi connectivity index (χ1v) is 7.07. The van der Waals surface area contributed by atoms with E-state index in [1.807, 2.05) is 49.0 Å². The molecule has 0 fully saturated rings. The lowest BCUT2D eigenvalue weighted by Gasteiger charge is -2.13. The second-order valence-corrected chi connectivity index (χ2v) is 5.76. The predicted octanol–water partition coefficient (Wildman–Crippen LogP) is 3.44. The molecule has 0 saturated carbocycles. The first kappa shape index (κ1) is 13.0. The molecule has 0 bridgehead atoms. The molecule has 3 aromatic rings. The highest BCUT2D eigenvalue weighted by atomic mass is 79.9. The van der Waals surface area contributed by atoms with Crippen molar-refractivity contribution in [2.45, 2.75) is 0 Å². The maximum Gasteiger partial charge on any atom is 0.205 e. The van der Waals surface area contributed by atoms with E-state index in [4.69, 9.17) is 5.73 Å². The van der Waals surface area contributed by atoms with Gasteiger partial charge in [-0.1, -0.05) is 15.9 Å². The fourth-order valence-electron chi connectivity index (χ4n) is 2.24. The molecule has 0 spiro atoms. The second-order valence-electron chi connectivity index (χ2n) is 4.85. The number of imidazole rings is 1. The van der Waals surface area contributed by atoms with Crippen molar-refractivity contribution < 1.29 is 0 Å². The molecule has 1 aromatic heterocycles. The highest BCUT2D eigenvalue weighted by molar-refractivity contribution is 9.10. The van der Waals surface area contributed by atoms with E-state index in [9.17, 15) is 0 Å². The monoisotopic (exact) mass is 330 g/mol.